The summed E-state index contributed by atoms with van der Waals surface area (Å²) in [6.07, 6.45) is 3.07. The van der Waals surface area contributed by atoms with E-state index in [2.05, 4.69) is 10.4 Å². The number of benzene rings is 1. The van der Waals surface area contributed by atoms with Crippen LogP contribution >= 0.6 is 0 Å². The summed E-state index contributed by atoms with van der Waals surface area (Å²) >= 11 is 0. The van der Waals surface area contributed by atoms with Gasteiger partial charge in [-0.05, 0) is 18.9 Å². The predicted octanol–water partition coefficient (Wildman–Crippen LogP) is 1.23. The van der Waals surface area contributed by atoms with Crippen molar-refractivity contribution in [1.82, 2.24) is 15.1 Å². The number of hydrogen-bond acceptors (Lipinski definition) is 4. The van der Waals surface area contributed by atoms with Crippen LogP contribution in [0.4, 0.5) is 10.1 Å². The summed E-state index contributed by atoms with van der Waals surface area (Å²) in [6.45, 7) is 0.0106. The molecule has 1 fully saturated rings. The lowest BCUT2D eigenvalue weighted by Crippen LogP contribution is -2.31. The molecular formula is C15H15FN4O2. The third kappa shape index (κ3) is 2.69. The number of amides is 1. The molecular weight excluding hydrogens is 287 g/mol. The first-order chi connectivity index (χ1) is 10.6. The lowest BCUT2D eigenvalue weighted by atomic mass is 10.2. The zero-order valence-corrected chi connectivity index (χ0v) is 11.8. The Balaban J connectivity index is 1.77. The van der Waals surface area contributed by atoms with E-state index in [0.29, 0.717) is 5.56 Å². The number of carbonyl (C=O) groups excluding carboxylic acids is 1. The molecule has 3 rings (SSSR count). The second-order valence-corrected chi connectivity index (χ2v) is 5.23. The number of nitrogens with two attached hydrogens (primary N) is 1. The molecule has 1 saturated carbocycles. The molecule has 1 amide bonds. The van der Waals surface area contributed by atoms with Gasteiger partial charge < -0.3 is 11.1 Å². The second-order valence-electron chi connectivity index (χ2n) is 5.23. The molecule has 0 saturated heterocycles. The van der Waals surface area contributed by atoms with Crippen LogP contribution < -0.4 is 16.6 Å². The Kier molecular flexibility index (Phi) is 3.62. The van der Waals surface area contributed by atoms with E-state index in [9.17, 15) is 14.0 Å². The van der Waals surface area contributed by atoms with Crippen LogP contribution in [0.25, 0.3) is 0 Å². The standard InChI is InChI=1S/C15H15FN4O2/c16-12-4-2-1-3-9(12)7-18-14(21)11-8-19-20(10-5-6-10)15(22)13(11)17/h1-4,8,10H,5-7,17H2,(H,18,21). The number of anilines is 1. The summed E-state index contributed by atoms with van der Waals surface area (Å²) in [5.74, 6) is -0.952. The Bertz CT molecular complexity index is 783. The van der Waals surface area contributed by atoms with Gasteiger partial charge in [0, 0.05) is 12.1 Å². The fraction of sp³-hybridized carbons (Fsp3) is 0.267. The molecule has 22 heavy (non-hydrogen) atoms. The van der Waals surface area contributed by atoms with Crippen molar-refractivity contribution >= 4 is 11.6 Å². The third-order valence-electron chi connectivity index (χ3n) is 3.57. The molecule has 1 aromatic heterocycles. The van der Waals surface area contributed by atoms with Crippen molar-refractivity contribution in [3.05, 3.63) is 57.8 Å². The summed E-state index contributed by atoms with van der Waals surface area (Å²) in [6, 6.07) is 6.22. The molecule has 0 radical (unpaired) electrons. The molecule has 6 nitrogen and oxygen atoms in total. The minimum Gasteiger partial charge on any atom is -0.394 e. The number of halogens is 1. The largest absolute Gasteiger partial charge is 0.394 e. The highest BCUT2D eigenvalue weighted by Gasteiger charge is 2.27. The number of nitrogen functional groups attached to an aromatic ring is 1. The SMILES string of the molecule is Nc1c(C(=O)NCc2ccccc2F)cnn(C2CC2)c1=O. The van der Waals surface area contributed by atoms with Crippen molar-refractivity contribution in [3.63, 3.8) is 0 Å². The second kappa shape index (κ2) is 5.59. The maximum absolute atomic E-state index is 13.5. The van der Waals surface area contributed by atoms with Crippen molar-refractivity contribution in [2.45, 2.75) is 25.4 Å². The molecule has 0 atom stereocenters. The smallest absolute Gasteiger partial charge is 0.290 e. The van der Waals surface area contributed by atoms with Gasteiger partial charge in [0.15, 0.2) is 0 Å². The van der Waals surface area contributed by atoms with E-state index < -0.39 is 17.3 Å². The normalized spacial score (nSPS) is 13.9. The van der Waals surface area contributed by atoms with E-state index in [0.717, 1.165) is 12.8 Å². The summed E-state index contributed by atoms with van der Waals surface area (Å²) in [5, 5.41) is 6.53. The van der Waals surface area contributed by atoms with Crippen molar-refractivity contribution in [2.24, 2.45) is 0 Å². The molecule has 2 aromatic rings. The van der Waals surface area contributed by atoms with Crippen LogP contribution in [0.2, 0.25) is 0 Å². The van der Waals surface area contributed by atoms with E-state index in [4.69, 9.17) is 5.73 Å². The highest BCUT2D eigenvalue weighted by atomic mass is 19.1. The summed E-state index contributed by atoms with van der Waals surface area (Å²) in [7, 11) is 0. The van der Waals surface area contributed by atoms with Crippen LogP contribution in [0, 0.1) is 5.82 Å². The molecule has 0 spiro atoms. The fourth-order valence-electron chi connectivity index (χ4n) is 2.15. The van der Waals surface area contributed by atoms with E-state index in [1.165, 1.54) is 16.9 Å². The van der Waals surface area contributed by atoms with Gasteiger partial charge in [0.25, 0.3) is 11.5 Å². The summed E-state index contributed by atoms with van der Waals surface area (Å²) in [5.41, 5.74) is 5.52. The first-order valence-corrected chi connectivity index (χ1v) is 6.97. The third-order valence-corrected chi connectivity index (χ3v) is 3.57. The fourth-order valence-corrected chi connectivity index (χ4v) is 2.15. The van der Waals surface area contributed by atoms with Gasteiger partial charge in [-0.1, -0.05) is 18.2 Å². The quantitative estimate of drug-likeness (QED) is 0.889. The molecule has 0 unspecified atom stereocenters. The van der Waals surface area contributed by atoms with Gasteiger partial charge in [0.2, 0.25) is 0 Å². The molecule has 1 aromatic carbocycles. The van der Waals surface area contributed by atoms with Gasteiger partial charge in [-0.2, -0.15) is 5.10 Å². The topological polar surface area (TPSA) is 90.0 Å². The van der Waals surface area contributed by atoms with Gasteiger partial charge in [0.1, 0.15) is 11.5 Å². The summed E-state index contributed by atoms with van der Waals surface area (Å²) in [4.78, 5) is 24.1. The maximum atomic E-state index is 13.5. The zero-order chi connectivity index (χ0) is 15.7. The predicted molar refractivity (Wildman–Crippen MR) is 78.8 cm³/mol. The Morgan fingerprint density at radius 2 is 2.14 bits per heavy atom. The monoisotopic (exact) mass is 302 g/mol. The van der Waals surface area contributed by atoms with Crippen molar-refractivity contribution in [2.75, 3.05) is 5.73 Å². The first-order valence-electron chi connectivity index (χ1n) is 6.97. The van der Waals surface area contributed by atoms with Crippen LogP contribution in [0.5, 0.6) is 0 Å². The number of carbonyl (C=O) groups is 1. The maximum Gasteiger partial charge on any atom is 0.290 e. The van der Waals surface area contributed by atoms with Crippen LogP contribution in [-0.4, -0.2) is 15.7 Å². The van der Waals surface area contributed by atoms with Crippen molar-refractivity contribution in [3.8, 4) is 0 Å². The molecule has 3 N–H and O–H groups in total. The number of aromatic nitrogens is 2. The van der Waals surface area contributed by atoms with E-state index in [1.54, 1.807) is 18.2 Å². The Morgan fingerprint density at radius 1 is 1.41 bits per heavy atom. The molecule has 0 bridgehead atoms. The van der Waals surface area contributed by atoms with Gasteiger partial charge in [-0.3, -0.25) is 9.59 Å². The lowest BCUT2D eigenvalue weighted by molar-refractivity contribution is 0.0950. The van der Waals surface area contributed by atoms with Crippen molar-refractivity contribution < 1.29 is 9.18 Å². The molecule has 114 valence electrons. The lowest BCUT2D eigenvalue weighted by Gasteiger charge is -2.09. The van der Waals surface area contributed by atoms with Gasteiger partial charge in [-0.15, -0.1) is 0 Å². The number of nitrogens with zero attached hydrogens (tertiary/aromatic N) is 2. The molecule has 1 aliphatic carbocycles. The Labute approximate surface area is 125 Å². The first kappa shape index (κ1) is 14.2. The van der Waals surface area contributed by atoms with Crippen LogP contribution in [0.3, 0.4) is 0 Å². The van der Waals surface area contributed by atoms with E-state index >= 15 is 0 Å². The summed E-state index contributed by atoms with van der Waals surface area (Å²) < 4.78 is 14.8. The minimum absolute atomic E-state index is 0.0106. The minimum atomic E-state index is -0.548. The molecule has 0 aliphatic heterocycles. The Hall–Kier alpha value is -2.70. The molecule has 1 heterocycles. The number of rotatable bonds is 4. The molecule has 7 heteroatoms. The van der Waals surface area contributed by atoms with E-state index in [1.807, 2.05) is 0 Å². The van der Waals surface area contributed by atoms with Gasteiger partial charge in [-0.25, -0.2) is 9.07 Å². The number of nitrogens with one attached hydrogen (secondary N) is 1. The van der Waals surface area contributed by atoms with Crippen molar-refractivity contribution in [1.29, 1.82) is 0 Å². The number of hydrogen-bond donors (Lipinski definition) is 2. The van der Waals surface area contributed by atoms with Crippen LogP contribution in [0.15, 0.2) is 35.3 Å². The van der Waals surface area contributed by atoms with E-state index in [-0.39, 0.29) is 23.8 Å². The van der Waals surface area contributed by atoms with Crippen LogP contribution in [0.1, 0.15) is 34.8 Å². The zero-order valence-electron chi connectivity index (χ0n) is 11.8. The highest BCUT2D eigenvalue weighted by molar-refractivity contribution is 5.98. The van der Waals surface area contributed by atoms with Crippen LogP contribution in [-0.2, 0) is 6.54 Å². The Morgan fingerprint density at radius 3 is 2.82 bits per heavy atom. The highest BCUT2D eigenvalue weighted by Crippen LogP contribution is 2.32. The molecule has 1 aliphatic rings. The average molecular weight is 302 g/mol. The van der Waals surface area contributed by atoms with Gasteiger partial charge in [0.05, 0.1) is 17.8 Å². The average Bonchev–Trinajstić information content (AvgIpc) is 3.33. The van der Waals surface area contributed by atoms with Gasteiger partial charge >= 0.3 is 0 Å².